The number of aromatic hydroxyl groups is 1. The van der Waals surface area contributed by atoms with Crippen molar-refractivity contribution in [2.45, 2.75) is 11.0 Å². The van der Waals surface area contributed by atoms with E-state index in [2.05, 4.69) is 5.32 Å². The van der Waals surface area contributed by atoms with Gasteiger partial charge < -0.3 is 15.5 Å². The zero-order valence-corrected chi connectivity index (χ0v) is 9.14. The fraction of sp³-hybridized carbons (Fsp3) is 0.400. The zero-order valence-electron chi connectivity index (χ0n) is 8.32. The van der Waals surface area contributed by atoms with Crippen molar-refractivity contribution >= 4 is 11.8 Å². The van der Waals surface area contributed by atoms with E-state index >= 15 is 0 Å². The lowest BCUT2D eigenvalue weighted by Gasteiger charge is -2.12. The number of rotatable bonds is 4. The molecule has 3 nitrogen and oxygen atoms in total. The Balaban J connectivity index is 2.93. The van der Waals surface area contributed by atoms with Crippen LogP contribution in [-0.4, -0.2) is 30.1 Å². The van der Waals surface area contributed by atoms with Crippen molar-refractivity contribution in [3.05, 3.63) is 23.8 Å². The van der Waals surface area contributed by atoms with Gasteiger partial charge in [-0.3, -0.25) is 0 Å². The normalized spacial score (nSPS) is 12.8. The molecule has 0 aliphatic carbocycles. The van der Waals surface area contributed by atoms with Crippen molar-refractivity contribution in [2.24, 2.45) is 0 Å². The van der Waals surface area contributed by atoms with Crippen LogP contribution in [0.2, 0.25) is 0 Å². The highest BCUT2D eigenvalue weighted by molar-refractivity contribution is 7.98. The Morgan fingerprint density at radius 1 is 1.50 bits per heavy atom. The topological polar surface area (TPSA) is 52.5 Å². The number of hydrogen-bond donors (Lipinski definition) is 3. The summed E-state index contributed by atoms with van der Waals surface area (Å²) in [5.41, 5.74) is 0.575. The molecule has 1 unspecified atom stereocenters. The van der Waals surface area contributed by atoms with E-state index in [1.54, 1.807) is 24.9 Å². The summed E-state index contributed by atoms with van der Waals surface area (Å²) < 4.78 is 0. The number of hydrogen-bond acceptors (Lipinski definition) is 4. The van der Waals surface area contributed by atoms with Crippen LogP contribution in [0.4, 0.5) is 0 Å². The average molecular weight is 213 g/mol. The van der Waals surface area contributed by atoms with Crippen LogP contribution in [0.15, 0.2) is 23.1 Å². The van der Waals surface area contributed by atoms with Crippen molar-refractivity contribution in [3.63, 3.8) is 0 Å². The van der Waals surface area contributed by atoms with E-state index in [0.29, 0.717) is 12.1 Å². The maximum Gasteiger partial charge on any atom is 0.121 e. The lowest BCUT2D eigenvalue weighted by molar-refractivity contribution is 0.173. The number of nitrogens with one attached hydrogen (secondary N) is 1. The number of aliphatic hydroxyl groups excluding tert-OH is 1. The quantitative estimate of drug-likeness (QED) is 0.661. The number of benzene rings is 1. The first-order chi connectivity index (χ1) is 6.69. The van der Waals surface area contributed by atoms with Crippen LogP contribution in [0.5, 0.6) is 5.75 Å². The van der Waals surface area contributed by atoms with Crippen LogP contribution in [0.25, 0.3) is 0 Å². The second-order valence-electron chi connectivity index (χ2n) is 3.00. The molecule has 0 aromatic heterocycles. The van der Waals surface area contributed by atoms with Gasteiger partial charge in [0.05, 0.1) is 6.10 Å². The maximum absolute atomic E-state index is 9.69. The second-order valence-corrected chi connectivity index (χ2v) is 3.88. The Morgan fingerprint density at radius 3 is 2.79 bits per heavy atom. The summed E-state index contributed by atoms with van der Waals surface area (Å²) in [6, 6.07) is 5.25. The molecule has 1 atom stereocenters. The van der Waals surface area contributed by atoms with Crippen molar-refractivity contribution in [3.8, 4) is 5.75 Å². The average Bonchev–Trinajstić information content (AvgIpc) is 2.19. The molecule has 78 valence electrons. The summed E-state index contributed by atoms with van der Waals surface area (Å²) in [6.07, 6.45) is 1.30. The first-order valence-corrected chi connectivity index (χ1v) is 5.61. The third-order valence-corrected chi connectivity index (χ3v) is 2.72. The Morgan fingerprint density at radius 2 is 2.21 bits per heavy atom. The Bertz CT molecular complexity index is 304. The number of likely N-dealkylation sites (N-methyl/N-ethyl adjacent to an activating group) is 1. The molecular weight excluding hydrogens is 198 g/mol. The SMILES string of the molecule is CNCC(O)c1cc(SC)ccc1O. The third kappa shape index (κ3) is 2.64. The standard InChI is InChI=1S/C10H15NO2S/c1-11-6-10(13)8-5-7(14-2)3-4-9(8)12/h3-5,10-13H,6H2,1-2H3. The van der Waals surface area contributed by atoms with E-state index in [1.165, 1.54) is 0 Å². The number of phenols is 1. The van der Waals surface area contributed by atoms with Crippen molar-refractivity contribution in [1.29, 1.82) is 0 Å². The molecule has 3 N–H and O–H groups in total. The van der Waals surface area contributed by atoms with Gasteiger partial charge in [-0.25, -0.2) is 0 Å². The molecular formula is C10H15NO2S. The van der Waals surface area contributed by atoms with Gasteiger partial charge in [0, 0.05) is 17.0 Å². The molecule has 0 spiro atoms. The Kier molecular flexibility index (Phi) is 4.25. The third-order valence-electron chi connectivity index (χ3n) is 1.99. The van der Waals surface area contributed by atoms with Crippen LogP contribution in [0, 0.1) is 0 Å². The molecule has 0 bridgehead atoms. The minimum absolute atomic E-state index is 0.144. The Hall–Kier alpha value is -0.710. The summed E-state index contributed by atoms with van der Waals surface area (Å²) in [5.74, 6) is 0.144. The lowest BCUT2D eigenvalue weighted by Crippen LogP contribution is -2.16. The highest BCUT2D eigenvalue weighted by atomic mass is 32.2. The number of phenolic OH excluding ortho intramolecular Hbond substituents is 1. The summed E-state index contributed by atoms with van der Waals surface area (Å²) in [6.45, 7) is 0.436. The monoisotopic (exact) mass is 213 g/mol. The van der Waals surface area contributed by atoms with E-state index in [9.17, 15) is 10.2 Å². The van der Waals surface area contributed by atoms with E-state index in [4.69, 9.17) is 0 Å². The molecule has 1 rings (SSSR count). The van der Waals surface area contributed by atoms with Gasteiger partial charge in [0.25, 0.3) is 0 Å². The van der Waals surface area contributed by atoms with Gasteiger partial charge >= 0.3 is 0 Å². The van der Waals surface area contributed by atoms with E-state index < -0.39 is 6.10 Å². The smallest absolute Gasteiger partial charge is 0.121 e. The molecule has 0 heterocycles. The largest absolute Gasteiger partial charge is 0.508 e. The highest BCUT2D eigenvalue weighted by Gasteiger charge is 2.11. The van der Waals surface area contributed by atoms with Gasteiger partial charge in [0.15, 0.2) is 0 Å². The van der Waals surface area contributed by atoms with E-state index in [0.717, 1.165) is 4.90 Å². The predicted molar refractivity (Wildman–Crippen MR) is 58.8 cm³/mol. The first kappa shape index (κ1) is 11.4. The molecule has 1 aromatic rings. The summed E-state index contributed by atoms with van der Waals surface area (Å²) in [5, 5.41) is 22.1. The summed E-state index contributed by atoms with van der Waals surface area (Å²) >= 11 is 1.58. The van der Waals surface area contributed by atoms with Gasteiger partial charge in [-0.05, 0) is 31.5 Å². The lowest BCUT2D eigenvalue weighted by atomic mass is 10.1. The van der Waals surface area contributed by atoms with Gasteiger partial charge in [-0.15, -0.1) is 11.8 Å². The van der Waals surface area contributed by atoms with Crippen molar-refractivity contribution in [2.75, 3.05) is 19.8 Å². The zero-order chi connectivity index (χ0) is 10.6. The van der Waals surface area contributed by atoms with Gasteiger partial charge in [-0.1, -0.05) is 0 Å². The molecule has 0 saturated heterocycles. The number of aliphatic hydroxyl groups is 1. The molecule has 1 aromatic carbocycles. The van der Waals surface area contributed by atoms with Crippen molar-refractivity contribution in [1.82, 2.24) is 5.32 Å². The number of thioether (sulfide) groups is 1. The van der Waals surface area contributed by atoms with Gasteiger partial charge in [0.1, 0.15) is 5.75 Å². The molecule has 0 radical (unpaired) electrons. The van der Waals surface area contributed by atoms with Gasteiger partial charge in [-0.2, -0.15) is 0 Å². The molecule has 0 aliphatic rings. The summed E-state index contributed by atoms with van der Waals surface area (Å²) in [7, 11) is 1.76. The molecule has 0 amide bonds. The van der Waals surface area contributed by atoms with Gasteiger partial charge in [0.2, 0.25) is 0 Å². The van der Waals surface area contributed by atoms with Crippen LogP contribution < -0.4 is 5.32 Å². The molecule has 0 aliphatic heterocycles. The minimum atomic E-state index is -0.660. The Labute approximate surface area is 88.2 Å². The molecule has 14 heavy (non-hydrogen) atoms. The maximum atomic E-state index is 9.69. The highest BCUT2D eigenvalue weighted by Crippen LogP contribution is 2.28. The molecule has 0 fully saturated rings. The fourth-order valence-electron chi connectivity index (χ4n) is 1.23. The summed E-state index contributed by atoms with van der Waals surface area (Å²) in [4.78, 5) is 1.04. The fourth-order valence-corrected chi connectivity index (χ4v) is 1.68. The molecule has 4 heteroatoms. The van der Waals surface area contributed by atoms with Crippen LogP contribution >= 0.6 is 11.8 Å². The van der Waals surface area contributed by atoms with Crippen LogP contribution in [-0.2, 0) is 0 Å². The van der Waals surface area contributed by atoms with Crippen LogP contribution in [0.1, 0.15) is 11.7 Å². The van der Waals surface area contributed by atoms with E-state index in [-0.39, 0.29) is 5.75 Å². The van der Waals surface area contributed by atoms with Crippen molar-refractivity contribution < 1.29 is 10.2 Å². The second kappa shape index (κ2) is 5.24. The predicted octanol–water partition coefficient (Wildman–Crippen LogP) is 1.37. The van der Waals surface area contributed by atoms with E-state index in [1.807, 2.05) is 18.4 Å². The minimum Gasteiger partial charge on any atom is -0.508 e. The first-order valence-electron chi connectivity index (χ1n) is 4.38. The van der Waals surface area contributed by atoms with Crippen LogP contribution in [0.3, 0.4) is 0 Å². The molecule has 0 saturated carbocycles.